The molecule has 1 aromatic carbocycles. The van der Waals surface area contributed by atoms with Gasteiger partial charge in [-0.3, -0.25) is 9.78 Å². The van der Waals surface area contributed by atoms with E-state index in [1.807, 2.05) is 11.4 Å². The van der Waals surface area contributed by atoms with E-state index in [9.17, 15) is 22.8 Å². The molecule has 1 amide bonds. The minimum Gasteiger partial charge on any atom is -0.460 e. The van der Waals surface area contributed by atoms with E-state index in [1.54, 1.807) is 19.9 Å². The standard InChI is InChI=1S/C20H17F3N2O3S/c1-19(2,25-17(26)12-9-16-15(24-10-12)7-8-29-16)11-28-18(27)13-5-3-4-6-14(13)20(21,22)23/h3-10H,11H2,1-2H3,(H,25,26). The third-order valence-electron chi connectivity index (χ3n) is 4.03. The van der Waals surface area contributed by atoms with Gasteiger partial charge in [-0.15, -0.1) is 11.3 Å². The zero-order chi connectivity index (χ0) is 21.2. The molecule has 0 unspecified atom stereocenters. The van der Waals surface area contributed by atoms with Gasteiger partial charge in [-0.05, 0) is 43.5 Å². The van der Waals surface area contributed by atoms with Gasteiger partial charge in [-0.2, -0.15) is 13.2 Å². The highest BCUT2D eigenvalue weighted by Crippen LogP contribution is 2.32. The number of amides is 1. The predicted molar refractivity (Wildman–Crippen MR) is 103 cm³/mol. The average Bonchev–Trinajstić information content (AvgIpc) is 3.13. The summed E-state index contributed by atoms with van der Waals surface area (Å²) in [6, 6.07) is 7.93. The summed E-state index contributed by atoms with van der Waals surface area (Å²) < 4.78 is 45.1. The molecule has 1 N–H and O–H groups in total. The molecule has 0 atom stereocenters. The Labute approximate surface area is 168 Å². The zero-order valence-electron chi connectivity index (χ0n) is 15.5. The van der Waals surface area contributed by atoms with Crippen molar-refractivity contribution >= 4 is 33.4 Å². The number of pyridine rings is 1. The van der Waals surface area contributed by atoms with Gasteiger partial charge in [-0.25, -0.2) is 4.79 Å². The molecule has 2 aromatic heterocycles. The van der Waals surface area contributed by atoms with Gasteiger partial charge < -0.3 is 10.1 Å². The molecule has 29 heavy (non-hydrogen) atoms. The fourth-order valence-corrected chi connectivity index (χ4v) is 3.40. The number of hydrogen-bond donors (Lipinski definition) is 1. The lowest BCUT2D eigenvalue weighted by molar-refractivity contribution is -0.138. The minimum atomic E-state index is -4.67. The van der Waals surface area contributed by atoms with E-state index in [-0.39, 0.29) is 6.61 Å². The molecule has 0 fully saturated rings. The Hall–Kier alpha value is -2.94. The lowest BCUT2D eigenvalue weighted by Gasteiger charge is -2.26. The second-order valence-electron chi connectivity index (χ2n) is 6.99. The highest BCUT2D eigenvalue weighted by molar-refractivity contribution is 7.17. The number of halogens is 3. The van der Waals surface area contributed by atoms with E-state index in [0.29, 0.717) is 5.56 Å². The quantitative estimate of drug-likeness (QED) is 0.606. The predicted octanol–water partition coefficient (Wildman–Crippen LogP) is 4.68. The highest BCUT2D eigenvalue weighted by Gasteiger charge is 2.35. The SMILES string of the molecule is CC(C)(COC(=O)c1ccccc1C(F)(F)F)NC(=O)c1cnc2ccsc2c1. The van der Waals surface area contributed by atoms with Gasteiger partial charge in [-0.1, -0.05) is 12.1 Å². The summed E-state index contributed by atoms with van der Waals surface area (Å²) in [6.45, 7) is 2.90. The van der Waals surface area contributed by atoms with Crippen LogP contribution < -0.4 is 5.32 Å². The van der Waals surface area contributed by atoms with Crippen LogP contribution in [0.25, 0.3) is 10.2 Å². The summed E-state index contributed by atoms with van der Waals surface area (Å²) >= 11 is 1.45. The smallest absolute Gasteiger partial charge is 0.417 e. The Morgan fingerprint density at radius 3 is 2.62 bits per heavy atom. The monoisotopic (exact) mass is 422 g/mol. The van der Waals surface area contributed by atoms with Crippen LogP contribution in [0.3, 0.4) is 0 Å². The van der Waals surface area contributed by atoms with E-state index < -0.39 is 34.7 Å². The summed E-state index contributed by atoms with van der Waals surface area (Å²) in [5.41, 5.74) is -1.54. The van der Waals surface area contributed by atoms with Crippen LogP contribution in [0.2, 0.25) is 0 Å². The largest absolute Gasteiger partial charge is 0.460 e. The Bertz CT molecular complexity index is 1060. The van der Waals surface area contributed by atoms with E-state index >= 15 is 0 Å². The molecule has 5 nitrogen and oxygen atoms in total. The number of ether oxygens (including phenoxy) is 1. The number of nitrogens with one attached hydrogen (secondary N) is 1. The Kier molecular flexibility index (Phi) is 5.61. The molecule has 9 heteroatoms. The van der Waals surface area contributed by atoms with Crippen molar-refractivity contribution in [1.29, 1.82) is 0 Å². The van der Waals surface area contributed by atoms with Crippen molar-refractivity contribution in [1.82, 2.24) is 10.3 Å². The number of carbonyl (C=O) groups is 2. The van der Waals surface area contributed by atoms with E-state index in [1.165, 1.54) is 29.7 Å². The molecule has 0 aliphatic heterocycles. The molecule has 0 aliphatic carbocycles. The normalized spacial score (nSPS) is 12.0. The summed E-state index contributed by atoms with van der Waals surface area (Å²) in [5.74, 6) is -1.54. The first-order chi connectivity index (χ1) is 13.6. The Balaban J connectivity index is 1.66. The molecular weight excluding hydrogens is 405 g/mol. The van der Waals surface area contributed by atoms with Gasteiger partial charge in [0.2, 0.25) is 0 Å². The summed E-state index contributed by atoms with van der Waals surface area (Å²) in [7, 11) is 0. The van der Waals surface area contributed by atoms with Crippen molar-refractivity contribution in [2.24, 2.45) is 0 Å². The van der Waals surface area contributed by atoms with Gasteiger partial charge in [0, 0.05) is 6.20 Å². The zero-order valence-corrected chi connectivity index (χ0v) is 16.4. The number of alkyl halides is 3. The molecule has 3 rings (SSSR count). The molecule has 152 valence electrons. The number of esters is 1. The molecule has 2 heterocycles. The van der Waals surface area contributed by atoms with Crippen molar-refractivity contribution in [3.05, 3.63) is 64.7 Å². The van der Waals surface area contributed by atoms with Gasteiger partial charge in [0.25, 0.3) is 5.91 Å². The lowest BCUT2D eigenvalue weighted by atomic mass is 10.1. The molecular formula is C20H17F3N2O3S. The maximum atomic E-state index is 13.1. The van der Waals surface area contributed by atoms with Crippen LogP contribution in [0.5, 0.6) is 0 Å². The third-order valence-corrected chi connectivity index (χ3v) is 4.89. The van der Waals surface area contributed by atoms with Crippen molar-refractivity contribution < 1.29 is 27.5 Å². The first kappa shape index (κ1) is 20.8. The number of benzene rings is 1. The minimum absolute atomic E-state index is 0.307. The van der Waals surface area contributed by atoms with Crippen molar-refractivity contribution in [2.75, 3.05) is 6.61 Å². The lowest BCUT2D eigenvalue weighted by Crippen LogP contribution is -2.47. The van der Waals surface area contributed by atoms with Crippen LogP contribution >= 0.6 is 11.3 Å². The number of hydrogen-bond acceptors (Lipinski definition) is 5. The van der Waals surface area contributed by atoms with Crippen molar-refractivity contribution in [2.45, 2.75) is 25.6 Å². The van der Waals surface area contributed by atoms with Crippen LogP contribution in [0.4, 0.5) is 13.2 Å². The maximum absolute atomic E-state index is 13.1. The number of aromatic nitrogens is 1. The van der Waals surface area contributed by atoms with E-state index in [4.69, 9.17) is 4.74 Å². The highest BCUT2D eigenvalue weighted by atomic mass is 32.1. The maximum Gasteiger partial charge on any atom is 0.417 e. The van der Waals surface area contributed by atoms with Crippen LogP contribution in [0.1, 0.15) is 40.1 Å². The van der Waals surface area contributed by atoms with Crippen molar-refractivity contribution in [3.8, 4) is 0 Å². The average molecular weight is 422 g/mol. The molecule has 0 spiro atoms. The van der Waals surface area contributed by atoms with Gasteiger partial charge >= 0.3 is 12.1 Å². The summed E-state index contributed by atoms with van der Waals surface area (Å²) in [4.78, 5) is 28.9. The summed E-state index contributed by atoms with van der Waals surface area (Å²) in [5, 5.41) is 4.57. The van der Waals surface area contributed by atoms with Crippen LogP contribution in [-0.4, -0.2) is 29.0 Å². The van der Waals surface area contributed by atoms with Crippen molar-refractivity contribution in [3.63, 3.8) is 0 Å². The second-order valence-corrected chi connectivity index (χ2v) is 7.93. The van der Waals surface area contributed by atoms with E-state index in [0.717, 1.165) is 22.3 Å². The number of nitrogens with zero attached hydrogens (tertiary/aromatic N) is 1. The molecule has 0 radical (unpaired) electrons. The number of fused-ring (bicyclic) bond motifs is 1. The molecule has 0 bridgehead atoms. The Morgan fingerprint density at radius 2 is 1.90 bits per heavy atom. The summed E-state index contributed by atoms with van der Waals surface area (Å²) in [6.07, 6.45) is -3.24. The first-order valence-electron chi connectivity index (χ1n) is 8.56. The third kappa shape index (κ3) is 4.92. The number of rotatable bonds is 5. The van der Waals surface area contributed by atoms with Gasteiger partial charge in [0.15, 0.2) is 0 Å². The van der Waals surface area contributed by atoms with E-state index in [2.05, 4.69) is 10.3 Å². The molecule has 0 saturated heterocycles. The van der Waals surface area contributed by atoms with Gasteiger partial charge in [0.05, 0.1) is 32.4 Å². The molecule has 0 saturated carbocycles. The molecule has 0 aliphatic rings. The fourth-order valence-electron chi connectivity index (χ4n) is 2.62. The first-order valence-corrected chi connectivity index (χ1v) is 9.44. The number of thiophene rings is 1. The van der Waals surface area contributed by atoms with Gasteiger partial charge in [0.1, 0.15) is 6.61 Å². The Morgan fingerprint density at radius 1 is 1.17 bits per heavy atom. The number of carbonyl (C=O) groups excluding carboxylic acids is 2. The molecule has 3 aromatic rings. The topological polar surface area (TPSA) is 68.3 Å². The van der Waals surface area contributed by atoms with Crippen LogP contribution in [-0.2, 0) is 10.9 Å². The van der Waals surface area contributed by atoms with Crippen LogP contribution in [0, 0.1) is 0 Å². The second kappa shape index (κ2) is 7.82. The fraction of sp³-hybridized carbons (Fsp3) is 0.250. The van der Waals surface area contributed by atoms with Crippen LogP contribution in [0.15, 0.2) is 48.0 Å².